The normalized spacial score (nSPS) is 16.1. The van der Waals surface area contributed by atoms with Crippen molar-refractivity contribution in [2.24, 2.45) is 0 Å². The molecule has 6 nitrogen and oxygen atoms in total. The molecule has 192 valence electrons. The SMILES string of the molecule is CCCc1c(OCc2ccc(C(OC3CCCCO3)c3cccc(C#N)c3)cc2)ccc(C(C)=O)c1O. The van der Waals surface area contributed by atoms with Gasteiger partial charge >= 0.3 is 0 Å². The first-order valence-corrected chi connectivity index (χ1v) is 12.8. The molecule has 2 atom stereocenters. The lowest BCUT2D eigenvalue weighted by Crippen LogP contribution is -2.25. The van der Waals surface area contributed by atoms with Crippen LogP contribution >= 0.6 is 0 Å². The zero-order valence-electron chi connectivity index (χ0n) is 21.4. The van der Waals surface area contributed by atoms with Crippen LogP contribution in [0.4, 0.5) is 0 Å². The molecule has 6 heteroatoms. The number of ether oxygens (including phenoxy) is 3. The summed E-state index contributed by atoms with van der Waals surface area (Å²) in [5, 5.41) is 20.0. The third kappa shape index (κ3) is 6.56. The van der Waals surface area contributed by atoms with Crippen LogP contribution < -0.4 is 4.74 Å². The predicted octanol–water partition coefficient (Wildman–Crippen LogP) is 6.63. The number of carbonyl (C=O) groups is 1. The topological polar surface area (TPSA) is 88.8 Å². The Balaban J connectivity index is 1.53. The van der Waals surface area contributed by atoms with Gasteiger partial charge in [-0.1, -0.05) is 49.7 Å². The number of rotatable bonds is 10. The number of carbonyl (C=O) groups excluding carboxylic acids is 1. The van der Waals surface area contributed by atoms with Crippen molar-refractivity contribution >= 4 is 5.78 Å². The number of phenols is 1. The van der Waals surface area contributed by atoms with E-state index in [4.69, 9.17) is 14.2 Å². The zero-order valence-corrected chi connectivity index (χ0v) is 21.4. The van der Waals surface area contributed by atoms with Gasteiger partial charge in [-0.05, 0) is 73.6 Å². The van der Waals surface area contributed by atoms with Crippen molar-refractivity contribution in [3.63, 3.8) is 0 Å². The highest BCUT2D eigenvalue weighted by Crippen LogP contribution is 2.34. The van der Waals surface area contributed by atoms with Crippen molar-refractivity contribution in [3.05, 3.63) is 94.0 Å². The van der Waals surface area contributed by atoms with Gasteiger partial charge < -0.3 is 19.3 Å². The van der Waals surface area contributed by atoms with Crippen molar-refractivity contribution in [2.75, 3.05) is 6.61 Å². The molecule has 0 amide bonds. The maximum Gasteiger partial charge on any atom is 0.163 e. The van der Waals surface area contributed by atoms with Gasteiger partial charge in [-0.2, -0.15) is 5.26 Å². The molecule has 2 unspecified atom stereocenters. The Morgan fingerprint density at radius 1 is 1.14 bits per heavy atom. The number of hydrogen-bond acceptors (Lipinski definition) is 6. The number of nitriles is 1. The van der Waals surface area contributed by atoms with Crippen LogP contribution in [0.3, 0.4) is 0 Å². The van der Waals surface area contributed by atoms with Crippen molar-refractivity contribution in [3.8, 4) is 17.6 Å². The van der Waals surface area contributed by atoms with Crippen LogP contribution in [0.15, 0.2) is 60.7 Å². The number of Topliss-reactive ketones (excluding diaryl/α,β-unsaturated/α-hetero) is 1. The molecule has 1 aliphatic heterocycles. The Kier molecular flexibility index (Phi) is 8.95. The Hall–Kier alpha value is -3.66. The molecule has 1 aliphatic rings. The Morgan fingerprint density at radius 3 is 2.62 bits per heavy atom. The largest absolute Gasteiger partial charge is 0.507 e. The summed E-state index contributed by atoms with van der Waals surface area (Å²) in [6.07, 6.45) is 3.74. The minimum Gasteiger partial charge on any atom is -0.507 e. The van der Waals surface area contributed by atoms with Gasteiger partial charge in [0.05, 0.1) is 17.2 Å². The molecule has 37 heavy (non-hydrogen) atoms. The van der Waals surface area contributed by atoms with Crippen molar-refractivity contribution in [1.29, 1.82) is 5.26 Å². The van der Waals surface area contributed by atoms with Gasteiger partial charge in [0, 0.05) is 12.2 Å². The second-order valence-electron chi connectivity index (χ2n) is 9.32. The maximum atomic E-state index is 11.8. The van der Waals surface area contributed by atoms with E-state index in [0.29, 0.717) is 42.1 Å². The van der Waals surface area contributed by atoms with Crippen molar-refractivity contribution < 1.29 is 24.1 Å². The fraction of sp³-hybridized carbons (Fsp3) is 0.355. The fourth-order valence-corrected chi connectivity index (χ4v) is 4.57. The summed E-state index contributed by atoms with van der Waals surface area (Å²) in [6, 6.07) is 21.1. The molecular formula is C31H33NO5. The van der Waals surface area contributed by atoms with Gasteiger partial charge in [-0.15, -0.1) is 0 Å². The Labute approximate surface area is 218 Å². The monoisotopic (exact) mass is 499 g/mol. The summed E-state index contributed by atoms with van der Waals surface area (Å²) in [4.78, 5) is 11.8. The van der Waals surface area contributed by atoms with E-state index in [1.54, 1.807) is 18.2 Å². The molecular weight excluding hydrogens is 466 g/mol. The lowest BCUT2D eigenvalue weighted by molar-refractivity contribution is -0.181. The second kappa shape index (κ2) is 12.5. The van der Waals surface area contributed by atoms with Crippen LogP contribution in [-0.4, -0.2) is 23.8 Å². The van der Waals surface area contributed by atoms with Crippen LogP contribution in [0.25, 0.3) is 0 Å². The number of phenolic OH excluding ortho intramolecular Hbond substituents is 1. The molecule has 1 N–H and O–H groups in total. The minimum atomic E-state index is -0.362. The molecule has 1 heterocycles. The summed E-state index contributed by atoms with van der Waals surface area (Å²) >= 11 is 0. The highest BCUT2D eigenvalue weighted by Gasteiger charge is 2.23. The zero-order chi connectivity index (χ0) is 26.2. The summed E-state index contributed by atoms with van der Waals surface area (Å²) in [5.74, 6) is 0.414. The average molecular weight is 500 g/mol. The molecule has 0 bridgehead atoms. The fourth-order valence-electron chi connectivity index (χ4n) is 4.57. The standard InChI is InChI=1S/C31H33NO5/c1-3-7-27-28(16-15-26(21(2)33)30(27)34)36-20-22-11-13-24(14-12-22)31(37-29-10-4-5-17-35-29)25-9-6-8-23(18-25)19-32/h6,8-9,11-16,18,29,31,34H,3-5,7,10,17,20H2,1-2H3. The lowest BCUT2D eigenvalue weighted by atomic mass is 9.98. The highest BCUT2D eigenvalue weighted by atomic mass is 16.7. The molecule has 0 aromatic heterocycles. The summed E-state index contributed by atoms with van der Waals surface area (Å²) in [7, 11) is 0. The van der Waals surface area contributed by atoms with E-state index in [9.17, 15) is 15.2 Å². The van der Waals surface area contributed by atoms with Crippen LogP contribution in [0.1, 0.15) is 83.8 Å². The minimum absolute atomic E-state index is 0.00622. The first kappa shape index (κ1) is 26.4. The Bertz CT molecular complexity index is 1260. The van der Waals surface area contributed by atoms with Gasteiger partial charge in [0.15, 0.2) is 12.1 Å². The molecule has 3 aromatic carbocycles. The molecule has 0 radical (unpaired) electrons. The van der Waals surface area contributed by atoms with E-state index in [-0.39, 0.29) is 23.9 Å². The first-order valence-electron chi connectivity index (χ1n) is 12.8. The number of hydrogen-bond donors (Lipinski definition) is 1. The average Bonchev–Trinajstić information content (AvgIpc) is 2.93. The first-order chi connectivity index (χ1) is 18.0. The third-order valence-corrected chi connectivity index (χ3v) is 6.54. The molecule has 0 spiro atoms. The van der Waals surface area contributed by atoms with Gasteiger partial charge in [-0.3, -0.25) is 4.79 Å². The van der Waals surface area contributed by atoms with E-state index >= 15 is 0 Å². The van der Waals surface area contributed by atoms with E-state index < -0.39 is 0 Å². The smallest absolute Gasteiger partial charge is 0.163 e. The van der Waals surface area contributed by atoms with E-state index in [1.807, 2.05) is 49.4 Å². The molecule has 4 rings (SSSR count). The predicted molar refractivity (Wildman–Crippen MR) is 141 cm³/mol. The summed E-state index contributed by atoms with van der Waals surface area (Å²) in [5.41, 5.74) is 4.38. The third-order valence-electron chi connectivity index (χ3n) is 6.54. The highest BCUT2D eigenvalue weighted by molar-refractivity contribution is 5.97. The quantitative estimate of drug-likeness (QED) is 0.315. The van der Waals surface area contributed by atoms with Gasteiger partial charge in [0.25, 0.3) is 0 Å². The molecule has 0 aliphatic carbocycles. The Morgan fingerprint density at radius 2 is 1.95 bits per heavy atom. The number of benzene rings is 3. The van der Waals surface area contributed by atoms with Crippen LogP contribution in [0, 0.1) is 11.3 Å². The molecule has 1 saturated heterocycles. The van der Waals surface area contributed by atoms with Gasteiger partial charge in [0.1, 0.15) is 24.2 Å². The number of nitrogens with zero attached hydrogens (tertiary/aromatic N) is 1. The van der Waals surface area contributed by atoms with Gasteiger partial charge in [0.2, 0.25) is 0 Å². The summed E-state index contributed by atoms with van der Waals surface area (Å²) in [6.45, 7) is 4.47. The van der Waals surface area contributed by atoms with Crippen LogP contribution in [-0.2, 0) is 22.5 Å². The van der Waals surface area contributed by atoms with Crippen molar-refractivity contribution in [2.45, 2.75) is 65.0 Å². The van der Waals surface area contributed by atoms with Gasteiger partial charge in [-0.25, -0.2) is 0 Å². The van der Waals surface area contributed by atoms with E-state index in [0.717, 1.165) is 42.4 Å². The summed E-state index contributed by atoms with van der Waals surface area (Å²) < 4.78 is 18.3. The number of aromatic hydroxyl groups is 1. The van der Waals surface area contributed by atoms with Crippen LogP contribution in [0.2, 0.25) is 0 Å². The van der Waals surface area contributed by atoms with Crippen LogP contribution in [0.5, 0.6) is 11.5 Å². The van der Waals surface area contributed by atoms with Crippen molar-refractivity contribution in [1.82, 2.24) is 0 Å². The lowest BCUT2D eigenvalue weighted by Gasteiger charge is -2.28. The molecule has 3 aromatic rings. The van der Waals surface area contributed by atoms with E-state index in [2.05, 4.69) is 6.07 Å². The molecule has 0 saturated carbocycles. The second-order valence-corrected chi connectivity index (χ2v) is 9.32. The number of ketones is 1. The van der Waals surface area contributed by atoms with E-state index in [1.165, 1.54) is 6.92 Å². The molecule has 1 fully saturated rings. The maximum absolute atomic E-state index is 11.8.